The zero-order valence-corrected chi connectivity index (χ0v) is 30.4. The van der Waals surface area contributed by atoms with Gasteiger partial charge in [-0.2, -0.15) is 0 Å². The Morgan fingerprint density at radius 1 is 0.250 bits per heavy atom. The molecule has 0 saturated carbocycles. The van der Waals surface area contributed by atoms with Crippen molar-refractivity contribution >= 4 is 54.3 Å². The fraction of sp³-hybridized carbons (Fsp3) is 0. The third-order valence-corrected chi connectivity index (χ3v) is 11.1. The third-order valence-electron chi connectivity index (χ3n) is 11.1. The van der Waals surface area contributed by atoms with Crippen molar-refractivity contribution in [1.29, 1.82) is 0 Å². The second kappa shape index (κ2) is 13.1. The van der Waals surface area contributed by atoms with Crippen LogP contribution in [0, 0.1) is 0 Å². The van der Waals surface area contributed by atoms with Crippen molar-refractivity contribution in [3.63, 3.8) is 0 Å². The second-order valence-corrected chi connectivity index (χ2v) is 14.4. The van der Waals surface area contributed by atoms with E-state index in [-0.39, 0.29) is 0 Å². The molecular weight excluding hydrogens is 679 g/mol. The van der Waals surface area contributed by atoms with E-state index >= 15 is 0 Å². The summed E-state index contributed by atoms with van der Waals surface area (Å²) >= 11 is 0. The van der Waals surface area contributed by atoms with Crippen LogP contribution in [-0.2, 0) is 0 Å². The molecule has 0 aliphatic rings. The summed E-state index contributed by atoms with van der Waals surface area (Å²) < 4.78 is 0. The maximum atomic E-state index is 5.37. The van der Waals surface area contributed by atoms with Gasteiger partial charge < -0.3 is 0 Å². The molecule has 0 aliphatic carbocycles. The second-order valence-electron chi connectivity index (χ2n) is 14.4. The topological polar surface area (TPSA) is 38.7 Å². The lowest BCUT2D eigenvalue weighted by Gasteiger charge is -2.15. The number of pyridine rings is 1. The number of para-hydroxylation sites is 1. The number of rotatable bonds is 5. The number of nitrogens with zero attached hydrogens (tertiary/aromatic N) is 3. The number of fused-ring (bicyclic) bond motifs is 7. The molecule has 0 saturated heterocycles. The molecule has 0 amide bonds. The first-order valence-electron chi connectivity index (χ1n) is 19.0. The van der Waals surface area contributed by atoms with E-state index in [0.29, 0.717) is 0 Å². The lowest BCUT2D eigenvalue weighted by Crippen LogP contribution is -1.95. The van der Waals surface area contributed by atoms with Gasteiger partial charge in [-0.15, -0.1) is 0 Å². The van der Waals surface area contributed by atoms with Gasteiger partial charge in [-0.05, 0) is 44.7 Å². The van der Waals surface area contributed by atoms with Gasteiger partial charge in [-0.25, -0.2) is 15.0 Å². The van der Waals surface area contributed by atoms with Crippen LogP contribution in [0.25, 0.3) is 110 Å². The van der Waals surface area contributed by atoms with Crippen molar-refractivity contribution in [2.24, 2.45) is 0 Å². The molecule has 0 radical (unpaired) electrons. The van der Waals surface area contributed by atoms with Gasteiger partial charge in [0.1, 0.15) is 0 Å². The van der Waals surface area contributed by atoms with E-state index in [1.165, 1.54) is 43.8 Å². The Kier molecular flexibility index (Phi) is 7.49. The highest BCUT2D eigenvalue weighted by Crippen LogP contribution is 2.40. The molecule has 0 bridgehead atoms. The highest BCUT2D eigenvalue weighted by atomic mass is 14.9. The molecule has 0 N–H and O–H groups in total. The van der Waals surface area contributed by atoms with Crippen molar-refractivity contribution in [3.05, 3.63) is 200 Å². The van der Waals surface area contributed by atoms with Crippen molar-refractivity contribution in [1.82, 2.24) is 15.0 Å². The zero-order chi connectivity index (χ0) is 37.0. The maximum Gasteiger partial charge on any atom is 0.160 e. The molecule has 3 nitrogen and oxygen atoms in total. The maximum absolute atomic E-state index is 5.37. The van der Waals surface area contributed by atoms with Gasteiger partial charge in [-0.1, -0.05) is 194 Å². The predicted octanol–water partition coefficient (Wildman–Crippen LogP) is 14.0. The average Bonchev–Trinajstić information content (AvgIpc) is 3.28. The van der Waals surface area contributed by atoms with E-state index < -0.39 is 0 Å². The summed E-state index contributed by atoms with van der Waals surface area (Å²) in [6.07, 6.45) is 0. The molecule has 11 aromatic rings. The zero-order valence-electron chi connectivity index (χ0n) is 30.4. The summed E-state index contributed by atoms with van der Waals surface area (Å²) in [6, 6.07) is 71.0. The molecule has 0 atom stereocenters. The van der Waals surface area contributed by atoms with Gasteiger partial charge in [-0.3, -0.25) is 0 Å². The first-order chi connectivity index (χ1) is 27.7. The Morgan fingerprint density at radius 3 is 1.29 bits per heavy atom. The van der Waals surface area contributed by atoms with E-state index in [0.717, 1.165) is 66.5 Å². The number of hydrogen-bond donors (Lipinski definition) is 0. The van der Waals surface area contributed by atoms with E-state index in [2.05, 4.69) is 188 Å². The monoisotopic (exact) mass is 711 g/mol. The molecule has 0 unspecified atom stereocenters. The number of benzene rings is 9. The van der Waals surface area contributed by atoms with Crippen LogP contribution < -0.4 is 0 Å². The fourth-order valence-electron chi connectivity index (χ4n) is 8.24. The van der Waals surface area contributed by atoms with Crippen LogP contribution in [0.4, 0.5) is 0 Å². The van der Waals surface area contributed by atoms with Gasteiger partial charge in [0, 0.05) is 43.6 Å². The quantitative estimate of drug-likeness (QED) is 0.132. The molecule has 260 valence electrons. The lowest BCUT2D eigenvalue weighted by atomic mass is 9.91. The Balaban J connectivity index is 0.971. The van der Waals surface area contributed by atoms with Crippen LogP contribution in [0.1, 0.15) is 0 Å². The normalized spacial score (nSPS) is 11.6. The summed E-state index contributed by atoms with van der Waals surface area (Å²) in [5.74, 6) is 0.718. The van der Waals surface area contributed by atoms with Crippen LogP contribution in [-0.4, -0.2) is 15.0 Å². The summed E-state index contributed by atoms with van der Waals surface area (Å²) in [6.45, 7) is 0. The predicted molar refractivity (Wildman–Crippen MR) is 235 cm³/mol. The summed E-state index contributed by atoms with van der Waals surface area (Å²) in [5, 5.41) is 8.08. The van der Waals surface area contributed by atoms with Crippen LogP contribution in [0.2, 0.25) is 0 Å². The van der Waals surface area contributed by atoms with Crippen LogP contribution in [0.3, 0.4) is 0 Å². The highest BCUT2D eigenvalue weighted by molar-refractivity contribution is 6.21. The smallest absolute Gasteiger partial charge is 0.160 e. The van der Waals surface area contributed by atoms with Crippen LogP contribution in [0.5, 0.6) is 0 Å². The van der Waals surface area contributed by atoms with Gasteiger partial charge in [0.25, 0.3) is 0 Å². The van der Waals surface area contributed by atoms with E-state index in [9.17, 15) is 0 Å². The van der Waals surface area contributed by atoms with Gasteiger partial charge in [0.05, 0.1) is 22.2 Å². The standard InChI is InChI=1S/C53H33N3/c1-2-10-34(11-3-1)35-22-28-42(29-23-35)53-54-48-17-9-8-16-45(48)50(56-53)41-26-20-37(21-27-41)36-18-24-40(25-19-36)49-46-32-30-38-12-4-6-14-43(38)51(46)55-52-44-15-7-5-13-39(44)31-33-47(49)52/h1-33H. The molecule has 11 rings (SSSR count). The minimum atomic E-state index is 0.718. The SMILES string of the molecule is c1ccc(-c2ccc(-c3nc(-c4ccc(-c5ccc(-c6c7ccc8ccccc8c7nc7c6ccc6ccccc67)cc5)cc4)c4ccccc4n3)cc2)cc1. The van der Waals surface area contributed by atoms with Crippen LogP contribution in [0.15, 0.2) is 200 Å². The minimum Gasteiger partial charge on any atom is -0.246 e. The van der Waals surface area contributed by atoms with Crippen molar-refractivity contribution in [2.75, 3.05) is 0 Å². The molecule has 2 aromatic heterocycles. The average molecular weight is 712 g/mol. The fourth-order valence-corrected chi connectivity index (χ4v) is 8.24. The largest absolute Gasteiger partial charge is 0.246 e. The van der Waals surface area contributed by atoms with Gasteiger partial charge in [0.2, 0.25) is 0 Å². The highest BCUT2D eigenvalue weighted by Gasteiger charge is 2.16. The lowest BCUT2D eigenvalue weighted by molar-refractivity contribution is 1.23. The molecule has 56 heavy (non-hydrogen) atoms. The van der Waals surface area contributed by atoms with Crippen molar-refractivity contribution in [2.45, 2.75) is 0 Å². The Labute approximate surface area is 324 Å². The van der Waals surface area contributed by atoms with Gasteiger partial charge in [0.15, 0.2) is 5.82 Å². The molecule has 3 heteroatoms. The summed E-state index contributed by atoms with van der Waals surface area (Å²) in [5.41, 5.74) is 13.0. The molecular formula is C53H33N3. The Bertz CT molecular complexity index is 3170. The number of aromatic nitrogens is 3. The summed E-state index contributed by atoms with van der Waals surface area (Å²) in [7, 11) is 0. The van der Waals surface area contributed by atoms with E-state index in [1.54, 1.807) is 0 Å². The minimum absolute atomic E-state index is 0.718. The van der Waals surface area contributed by atoms with Crippen molar-refractivity contribution < 1.29 is 0 Å². The number of hydrogen-bond acceptors (Lipinski definition) is 3. The van der Waals surface area contributed by atoms with Crippen molar-refractivity contribution in [3.8, 4) is 56.0 Å². The van der Waals surface area contributed by atoms with Gasteiger partial charge >= 0.3 is 0 Å². The molecule has 0 spiro atoms. The third kappa shape index (κ3) is 5.40. The first kappa shape index (κ1) is 32.0. The first-order valence-corrected chi connectivity index (χ1v) is 19.0. The molecule has 9 aromatic carbocycles. The molecule has 2 heterocycles. The Morgan fingerprint density at radius 2 is 0.696 bits per heavy atom. The molecule has 0 fully saturated rings. The van der Waals surface area contributed by atoms with E-state index in [4.69, 9.17) is 15.0 Å². The Hall–Kier alpha value is -7.49. The van der Waals surface area contributed by atoms with Crippen LogP contribution >= 0.6 is 0 Å². The molecule has 0 aliphatic heterocycles. The van der Waals surface area contributed by atoms with E-state index in [1.807, 2.05) is 12.1 Å². The summed E-state index contributed by atoms with van der Waals surface area (Å²) in [4.78, 5) is 15.5.